The number of carbonyl (C=O) groups is 5. The number of aromatic nitrogens is 1. The molecule has 1 aromatic carbocycles. The maximum Gasteiger partial charge on any atom is 0.252 e. The van der Waals surface area contributed by atoms with Gasteiger partial charge in [-0.2, -0.15) is 0 Å². The molecule has 2 rings (SSSR count). The Bertz CT molecular complexity index is 1340. The number of nitrogens with zero attached hydrogens (tertiary/aromatic N) is 1. The minimum Gasteiger partial charge on any atom is -0.355 e. The van der Waals surface area contributed by atoms with Crippen LogP contribution in [0.3, 0.4) is 0 Å². The third kappa shape index (κ3) is 17.0. The van der Waals surface area contributed by atoms with E-state index in [1.807, 2.05) is 54.5 Å². The zero-order chi connectivity index (χ0) is 38.5. The molecule has 1 aromatic heterocycles. The van der Waals surface area contributed by atoms with Crippen LogP contribution in [0, 0.1) is 17.8 Å². The molecule has 5 atom stereocenters. The first-order chi connectivity index (χ1) is 24.1. The number of aryl methyl sites for hydroxylation is 1. The van der Waals surface area contributed by atoms with Crippen LogP contribution in [0.2, 0.25) is 0 Å². The van der Waals surface area contributed by atoms with Crippen molar-refractivity contribution in [2.24, 2.45) is 17.8 Å². The van der Waals surface area contributed by atoms with Crippen molar-refractivity contribution in [2.45, 2.75) is 106 Å². The minimum absolute atomic E-state index is 0.0828. The highest BCUT2D eigenvalue weighted by atomic mass is 16.2. The molecule has 0 fully saturated rings. The lowest BCUT2D eigenvalue weighted by Crippen LogP contribution is -2.56. The van der Waals surface area contributed by atoms with Gasteiger partial charge in [0.2, 0.25) is 23.6 Å². The molecule has 0 bridgehead atoms. The molecule has 0 aliphatic heterocycles. The van der Waals surface area contributed by atoms with Crippen LogP contribution in [0.1, 0.15) is 91.1 Å². The van der Waals surface area contributed by atoms with E-state index in [4.69, 9.17) is 0 Å². The third-order valence-corrected chi connectivity index (χ3v) is 8.54. The summed E-state index contributed by atoms with van der Waals surface area (Å²) < 4.78 is 0. The van der Waals surface area contributed by atoms with Gasteiger partial charge < -0.3 is 31.5 Å². The van der Waals surface area contributed by atoms with E-state index in [1.165, 1.54) is 10.5 Å². The van der Waals surface area contributed by atoms with E-state index >= 15 is 0 Å². The molecule has 2 aromatic rings. The highest BCUT2D eigenvalue weighted by Crippen LogP contribution is 2.12. The molecule has 0 aliphatic carbocycles. The maximum atomic E-state index is 13.4. The summed E-state index contributed by atoms with van der Waals surface area (Å²) in [6.07, 6.45) is 5.72. The van der Waals surface area contributed by atoms with Gasteiger partial charge in [0.1, 0.15) is 12.1 Å². The molecule has 0 aliphatic rings. The van der Waals surface area contributed by atoms with Gasteiger partial charge >= 0.3 is 0 Å². The van der Waals surface area contributed by atoms with Crippen molar-refractivity contribution in [3.63, 3.8) is 0 Å². The van der Waals surface area contributed by atoms with E-state index in [1.54, 1.807) is 38.5 Å². The second-order valence-electron chi connectivity index (χ2n) is 13.8. The number of pyridine rings is 1. The molecule has 12 heteroatoms. The van der Waals surface area contributed by atoms with Gasteiger partial charge in [-0.1, -0.05) is 85.2 Å². The highest BCUT2D eigenvalue weighted by molar-refractivity contribution is 5.98. The smallest absolute Gasteiger partial charge is 0.252 e. The van der Waals surface area contributed by atoms with Crippen LogP contribution >= 0.6 is 0 Å². The fourth-order valence-electron chi connectivity index (χ4n) is 5.24. The lowest BCUT2D eigenvalue weighted by atomic mass is 9.97. The molecule has 5 amide bonds. The van der Waals surface area contributed by atoms with Crippen molar-refractivity contribution >= 4 is 29.5 Å². The van der Waals surface area contributed by atoms with Crippen LogP contribution in [0.15, 0.2) is 54.9 Å². The Hall–Kier alpha value is -4.32. The van der Waals surface area contributed by atoms with Gasteiger partial charge in [0.25, 0.3) is 5.91 Å². The Kier molecular flexibility index (Phi) is 21.0. The summed E-state index contributed by atoms with van der Waals surface area (Å²) in [5.74, 6) is -1.56. The Balaban J connectivity index is 0.00000142. The average molecular weight is 711 g/mol. The molecule has 3 unspecified atom stereocenters. The number of amides is 5. The van der Waals surface area contributed by atoms with Gasteiger partial charge in [-0.15, -0.1) is 0 Å². The van der Waals surface area contributed by atoms with Crippen molar-refractivity contribution in [3.05, 3.63) is 66.0 Å². The number of hydrogen-bond donors (Lipinski definition) is 5. The van der Waals surface area contributed by atoms with E-state index in [0.29, 0.717) is 31.5 Å². The predicted molar refractivity (Wildman–Crippen MR) is 201 cm³/mol. The molecule has 51 heavy (non-hydrogen) atoms. The van der Waals surface area contributed by atoms with Crippen LogP contribution in [-0.2, 0) is 25.6 Å². The number of H-pyrrole nitrogens is 1. The second kappa shape index (κ2) is 24.0. The van der Waals surface area contributed by atoms with Gasteiger partial charge in [-0.3, -0.25) is 24.0 Å². The van der Waals surface area contributed by atoms with E-state index in [0.717, 1.165) is 6.42 Å². The van der Waals surface area contributed by atoms with Gasteiger partial charge in [-0.25, -0.2) is 4.98 Å². The Labute approximate surface area is 305 Å². The molecular weight excluding hydrogens is 646 g/mol. The van der Waals surface area contributed by atoms with E-state index in [2.05, 4.69) is 62.8 Å². The molecule has 0 radical (unpaired) electrons. The van der Waals surface area contributed by atoms with E-state index < -0.39 is 18.1 Å². The lowest BCUT2D eigenvalue weighted by Gasteiger charge is -2.29. The summed E-state index contributed by atoms with van der Waals surface area (Å²) in [6, 6.07) is 11.4. The fourth-order valence-corrected chi connectivity index (χ4v) is 5.24. The summed E-state index contributed by atoms with van der Waals surface area (Å²) in [6.45, 7) is 17.9. The first-order valence-electron chi connectivity index (χ1n) is 18.3. The number of carbonyl (C=O) groups excluding carboxylic acids is 5. The van der Waals surface area contributed by atoms with Crippen LogP contribution in [-0.4, -0.2) is 85.3 Å². The van der Waals surface area contributed by atoms with Crippen LogP contribution in [0.5, 0.6) is 0 Å². The number of benzene rings is 1. The molecule has 284 valence electrons. The lowest BCUT2D eigenvalue weighted by molar-refractivity contribution is -0.378. The van der Waals surface area contributed by atoms with Gasteiger partial charge in [0, 0.05) is 38.3 Å². The molecule has 6 N–H and O–H groups in total. The number of nitrogens with one attached hydrogen (secondary N) is 6. The normalized spacial score (nSPS) is 13.8. The summed E-state index contributed by atoms with van der Waals surface area (Å²) in [4.78, 5) is 68.6. The number of hydrogen-bond acceptors (Lipinski definition) is 6. The first kappa shape index (κ1) is 44.7. The third-order valence-electron chi connectivity index (χ3n) is 8.54. The number of likely N-dealkylation sites (N-methyl/N-ethyl adjacent to an activating group) is 2. The summed E-state index contributed by atoms with van der Waals surface area (Å²) in [5.41, 5.74) is 1.84. The molecule has 0 saturated heterocycles. The predicted octanol–water partition coefficient (Wildman–Crippen LogP) is 3.14. The molecule has 0 spiro atoms. The van der Waals surface area contributed by atoms with Crippen LogP contribution < -0.4 is 31.6 Å². The van der Waals surface area contributed by atoms with Crippen LogP contribution in [0.4, 0.5) is 0 Å². The molecule has 0 saturated carbocycles. The highest BCUT2D eigenvalue weighted by Gasteiger charge is 2.30. The first-order valence-corrected chi connectivity index (χ1v) is 18.3. The van der Waals surface area contributed by atoms with E-state index in [-0.39, 0.29) is 59.9 Å². The van der Waals surface area contributed by atoms with Gasteiger partial charge in [-0.05, 0) is 50.0 Å². The SMILES string of the molecule is CCNC(=O)C(NC(=O)[C@H](C)NCC(CC(C)C)NC(=O)CN(C)C(=O)C(NC(=O)c1cc[nH+]cc1)[C@@H](C)CC)C(C)C.CCc1ccccc1. The van der Waals surface area contributed by atoms with Crippen LogP contribution in [0.25, 0.3) is 0 Å². The van der Waals surface area contributed by atoms with Gasteiger partial charge in [0.05, 0.1) is 18.2 Å². The summed E-state index contributed by atoms with van der Waals surface area (Å²) >= 11 is 0. The monoisotopic (exact) mass is 710 g/mol. The minimum atomic E-state index is -0.791. The molecule has 1 heterocycles. The zero-order valence-corrected chi connectivity index (χ0v) is 32.5. The number of aromatic amines is 1. The van der Waals surface area contributed by atoms with E-state index in [9.17, 15) is 24.0 Å². The Morgan fingerprint density at radius 2 is 1.41 bits per heavy atom. The van der Waals surface area contributed by atoms with Crippen molar-refractivity contribution in [1.82, 2.24) is 31.5 Å². The molecular formula is C39H64N7O5+. The maximum absolute atomic E-state index is 13.4. The van der Waals surface area contributed by atoms with Crippen molar-refractivity contribution in [3.8, 4) is 0 Å². The molecule has 12 nitrogen and oxygen atoms in total. The Morgan fingerprint density at radius 1 is 0.784 bits per heavy atom. The number of rotatable bonds is 19. The summed E-state index contributed by atoms with van der Waals surface area (Å²) in [5, 5.41) is 14.6. The quantitative estimate of drug-likeness (QED) is 0.151. The zero-order valence-electron chi connectivity index (χ0n) is 32.5. The fraction of sp³-hybridized carbons (Fsp3) is 0.590. The second-order valence-corrected chi connectivity index (χ2v) is 13.8. The van der Waals surface area contributed by atoms with Crippen molar-refractivity contribution < 1.29 is 29.0 Å². The standard InChI is InChI=1S/C31H53N7O5.C8H10/c1-10-21(7)27(37-29(41)23-12-14-32-15-13-23)31(43)38(9)18-25(39)35-24(16-19(3)4)17-34-22(8)28(40)36-26(20(5)6)30(42)33-11-2;1-2-8-6-4-3-5-7-8/h12-15,19-22,24,26-27,34H,10-11,16-18H2,1-9H3,(H,33,42)(H,35,39)(H,36,40)(H,37,41);3-7H,2H2,1H3/p+1/t21-,22-,24?,26?,27?;/m0./s1. The topological polar surface area (TPSA) is 163 Å². The largest absolute Gasteiger partial charge is 0.355 e. The van der Waals surface area contributed by atoms with Crippen molar-refractivity contribution in [2.75, 3.05) is 26.7 Å². The Morgan fingerprint density at radius 3 is 1.92 bits per heavy atom. The average Bonchev–Trinajstić information content (AvgIpc) is 3.11. The summed E-state index contributed by atoms with van der Waals surface area (Å²) in [7, 11) is 1.54. The van der Waals surface area contributed by atoms with Crippen molar-refractivity contribution in [1.29, 1.82) is 0 Å². The van der Waals surface area contributed by atoms with Gasteiger partial charge in [0.15, 0.2) is 12.4 Å².